The molecule has 0 amide bonds. The third-order valence-electron chi connectivity index (χ3n) is 5.58. The average molecular weight is 398 g/mol. The first-order valence-electron chi connectivity index (χ1n) is 9.66. The number of nitrogens with zero attached hydrogens (tertiary/aromatic N) is 3. The lowest BCUT2D eigenvalue weighted by Gasteiger charge is -2.32. The molecule has 1 saturated heterocycles. The first kappa shape index (κ1) is 19.2. The lowest BCUT2D eigenvalue weighted by molar-refractivity contribution is 0.148. The second-order valence-electron chi connectivity index (χ2n) is 7.51. The number of aromatic nitrogens is 1. The molecule has 2 aromatic carbocycles. The van der Waals surface area contributed by atoms with Crippen LogP contribution in [-0.4, -0.2) is 47.6 Å². The van der Waals surface area contributed by atoms with Crippen LogP contribution in [0, 0.1) is 12.7 Å². The van der Waals surface area contributed by atoms with Crippen molar-refractivity contribution in [3.05, 3.63) is 76.7 Å². The molecule has 0 spiro atoms. The molecule has 0 aliphatic carbocycles. The van der Waals surface area contributed by atoms with E-state index in [1.54, 1.807) is 0 Å². The summed E-state index contributed by atoms with van der Waals surface area (Å²) in [7, 11) is 2.17. The van der Waals surface area contributed by atoms with Gasteiger partial charge in [-0.15, -0.1) is 0 Å². The Labute approximate surface area is 171 Å². The molecule has 146 valence electrons. The number of hydrogen-bond donors (Lipinski definition) is 0. The van der Waals surface area contributed by atoms with Crippen LogP contribution in [0.2, 0.25) is 5.02 Å². The Morgan fingerprint density at radius 3 is 2.32 bits per heavy atom. The van der Waals surface area contributed by atoms with Crippen molar-refractivity contribution in [1.82, 2.24) is 14.4 Å². The summed E-state index contributed by atoms with van der Waals surface area (Å²) in [5.74, 6) is -0.231. The van der Waals surface area contributed by atoms with Gasteiger partial charge in [-0.2, -0.15) is 0 Å². The quantitative estimate of drug-likeness (QED) is 0.614. The van der Waals surface area contributed by atoms with Crippen molar-refractivity contribution in [2.45, 2.75) is 13.5 Å². The first-order chi connectivity index (χ1) is 13.5. The molecule has 1 aliphatic rings. The molecule has 0 saturated carbocycles. The topological polar surface area (TPSA) is 11.4 Å². The summed E-state index contributed by atoms with van der Waals surface area (Å²) in [4.78, 5) is 4.86. The van der Waals surface area contributed by atoms with Crippen molar-refractivity contribution in [3.8, 4) is 16.9 Å². The van der Waals surface area contributed by atoms with Gasteiger partial charge in [-0.3, -0.25) is 4.90 Å². The largest absolute Gasteiger partial charge is 0.314 e. The normalized spacial score (nSPS) is 15.9. The highest BCUT2D eigenvalue weighted by Crippen LogP contribution is 2.34. The van der Waals surface area contributed by atoms with E-state index in [0.29, 0.717) is 0 Å². The molecule has 5 heteroatoms. The van der Waals surface area contributed by atoms with Gasteiger partial charge in [-0.1, -0.05) is 29.8 Å². The van der Waals surface area contributed by atoms with Gasteiger partial charge in [0.15, 0.2) is 0 Å². The van der Waals surface area contributed by atoms with Gasteiger partial charge < -0.3 is 9.47 Å². The predicted octanol–water partition coefficient (Wildman–Crippen LogP) is 4.99. The van der Waals surface area contributed by atoms with Crippen LogP contribution in [0.15, 0.2) is 54.6 Å². The highest BCUT2D eigenvalue weighted by atomic mass is 35.5. The molecule has 0 atom stereocenters. The molecule has 0 radical (unpaired) electrons. The minimum Gasteiger partial charge on any atom is -0.314 e. The zero-order valence-electron chi connectivity index (χ0n) is 16.3. The maximum Gasteiger partial charge on any atom is 0.123 e. The molecule has 4 rings (SSSR count). The molecule has 0 bridgehead atoms. The van der Waals surface area contributed by atoms with Gasteiger partial charge in [0, 0.05) is 54.7 Å². The van der Waals surface area contributed by atoms with E-state index in [1.165, 1.54) is 23.4 Å². The summed E-state index contributed by atoms with van der Waals surface area (Å²) < 4.78 is 15.7. The molecular weight excluding hydrogens is 373 g/mol. The fourth-order valence-electron chi connectivity index (χ4n) is 3.86. The summed E-state index contributed by atoms with van der Waals surface area (Å²) in [5, 5.41) is 0.717. The monoisotopic (exact) mass is 397 g/mol. The smallest absolute Gasteiger partial charge is 0.123 e. The van der Waals surface area contributed by atoms with Crippen LogP contribution < -0.4 is 0 Å². The number of rotatable bonds is 4. The van der Waals surface area contributed by atoms with Gasteiger partial charge in [-0.25, -0.2) is 4.39 Å². The van der Waals surface area contributed by atoms with Gasteiger partial charge >= 0.3 is 0 Å². The van der Waals surface area contributed by atoms with E-state index in [0.717, 1.165) is 54.7 Å². The molecule has 2 heterocycles. The Morgan fingerprint density at radius 1 is 0.964 bits per heavy atom. The van der Waals surface area contributed by atoms with E-state index in [4.69, 9.17) is 11.6 Å². The molecule has 1 fully saturated rings. The number of hydrogen-bond acceptors (Lipinski definition) is 2. The molecule has 0 N–H and O–H groups in total. The second-order valence-corrected chi connectivity index (χ2v) is 7.92. The standard InChI is InChI=1S/C23H25ClFN3/c1-17-18(16-27-13-11-26(2)12-14-27)15-23(21-5-3-4-6-22(21)24)28(17)20-9-7-19(25)8-10-20/h3-10,15H,11-14,16H2,1-2H3. The predicted molar refractivity (Wildman–Crippen MR) is 114 cm³/mol. The van der Waals surface area contributed by atoms with Crippen LogP contribution in [0.1, 0.15) is 11.3 Å². The maximum atomic E-state index is 13.5. The van der Waals surface area contributed by atoms with E-state index >= 15 is 0 Å². The average Bonchev–Trinajstić information content (AvgIpc) is 3.01. The molecule has 0 unspecified atom stereocenters. The van der Waals surface area contributed by atoms with Crippen molar-refractivity contribution < 1.29 is 4.39 Å². The van der Waals surface area contributed by atoms with Crippen LogP contribution >= 0.6 is 11.6 Å². The fraction of sp³-hybridized carbons (Fsp3) is 0.304. The van der Waals surface area contributed by atoms with E-state index in [-0.39, 0.29) is 5.82 Å². The number of benzene rings is 2. The Balaban J connectivity index is 1.77. The maximum absolute atomic E-state index is 13.5. The van der Waals surface area contributed by atoms with E-state index < -0.39 is 0 Å². The lowest BCUT2D eigenvalue weighted by atomic mass is 10.1. The summed E-state index contributed by atoms with van der Waals surface area (Å²) >= 11 is 6.52. The molecule has 3 aromatic rings. The molecule has 1 aliphatic heterocycles. The summed E-state index contributed by atoms with van der Waals surface area (Å²) in [6.07, 6.45) is 0. The van der Waals surface area contributed by atoms with Crippen LogP contribution in [0.3, 0.4) is 0 Å². The number of halogens is 2. The SMILES string of the molecule is Cc1c(CN2CCN(C)CC2)cc(-c2ccccc2Cl)n1-c1ccc(F)cc1. The van der Waals surface area contributed by atoms with Crippen LogP contribution in [0.5, 0.6) is 0 Å². The highest BCUT2D eigenvalue weighted by Gasteiger charge is 2.20. The molecule has 28 heavy (non-hydrogen) atoms. The fourth-order valence-corrected chi connectivity index (χ4v) is 4.09. The Morgan fingerprint density at radius 2 is 1.64 bits per heavy atom. The van der Waals surface area contributed by atoms with E-state index in [2.05, 4.69) is 34.4 Å². The van der Waals surface area contributed by atoms with Crippen molar-refractivity contribution >= 4 is 11.6 Å². The first-order valence-corrected chi connectivity index (χ1v) is 10.0. The van der Waals surface area contributed by atoms with E-state index in [9.17, 15) is 4.39 Å². The van der Waals surface area contributed by atoms with E-state index in [1.807, 2.05) is 36.4 Å². The van der Waals surface area contributed by atoms with Gasteiger partial charge in [0.05, 0.1) is 5.69 Å². The number of likely N-dealkylation sites (N-methyl/N-ethyl adjacent to an activating group) is 1. The van der Waals surface area contributed by atoms with Crippen molar-refractivity contribution in [1.29, 1.82) is 0 Å². The van der Waals surface area contributed by atoms with Gasteiger partial charge in [0.25, 0.3) is 0 Å². The Bertz CT molecular complexity index is 956. The minimum atomic E-state index is -0.231. The third-order valence-corrected chi connectivity index (χ3v) is 5.91. The number of piperazine rings is 1. The summed E-state index contributed by atoms with van der Waals surface area (Å²) in [6, 6.07) is 16.8. The summed E-state index contributed by atoms with van der Waals surface area (Å²) in [6.45, 7) is 7.36. The molecule has 3 nitrogen and oxygen atoms in total. The molecule has 1 aromatic heterocycles. The van der Waals surface area contributed by atoms with Crippen molar-refractivity contribution in [2.24, 2.45) is 0 Å². The van der Waals surface area contributed by atoms with Crippen LogP contribution in [0.4, 0.5) is 4.39 Å². The van der Waals surface area contributed by atoms with Gasteiger partial charge in [0.1, 0.15) is 5.82 Å². The Kier molecular flexibility index (Phi) is 5.54. The third kappa shape index (κ3) is 3.86. The highest BCUT2D eigenvalue weighted by molar-refractivity contribution is 6.33. The molecular formula is C23H25ClFN3. The van der Waals surface area contributed by atoms with Crippen molar-refractivity contribution in [2.75, 3.05) is 33.2 Å². The van der Waals surface area contributed by atoms with Gasteiger partial charge in [-0.05, 0) is 55.9 Å². The Hall–Kier alpha value is -2.14. The van der Waals surface area contributed by atoms with Gasteiger partial charge in [0.2, 0.25) is 0 Å². The van der Waals surface area contributed by atoms with Crippen molar-refractivity contribution in [3.63, 3.8) is 0 Å². The zero-order valence-corrected chi connectivity index (χ0v) is 17.1. The minimum absolute atomic E-state index is 0.231. The second kappa shape index (κ2) is 8.08. The van der Waals surface area contributed by atoms with Crippen LogP contribution in [0.25, 0.3) is 16.9 Å². The lowest BCUT2D eigenvalue weighted by Crippen LogP contribution is -2.43. The zero-order chi connectivity index (χ0) is 19.7. The van der Waals surface area contributed by atoms with Crippen LogP contribution in [-0.2, 0) is 6.54 Å². The summed E-state index contributed by atoms with van der Waals surface area (Å²) in [5.41, 5.74) is 5.42.